The van der Waals surface area contributed by atoms with Crippen molar-refractivity contribution in [1.29, 1.82) is 0 Å². The summed E-state index contributed by atoms with van der Waals surface area (Å²) in [6.45, 7) is 0.821. The van der Waals surface area contributed by atoms with Crippen molar-refractivity contribution >= 4 is 29.0 Å². The van der Waals surface area contributed by atoms with Gasteiger partial charge in [-0.3, -0.25) is 19.7 Å². The SMILES string of the molecule is CC(=O)c1ccccc1NC(=O)COC(=O)c1ccc([N+](=O)[O-])cc1. The molecule has 8 nitrogen and oxygen atoms in total. The van der Waals surface area contributed by atoms with E-state index in [-0.39, 0.29) is 17.0 Å². The van der Waals surface area contributed by atoms with Gasteiger partial charge >= 0.3 is 5.97 Å². The van der Waals surface area contributed by atoms with Crippen LogP contribution in [0, 0.1) is 10.1 Å². The van der Waals surface area contributed by atoms with E-state index in [0.29, 0.717) is 11.3 Å². The number of hydrogen-bond donors (Lipinski definition) is 1. The predicted octanol–water partition coefficient (Wildman–Crippen LogP) is 2.59. The Labute approximate surface area is 142 Å². The van der Waals surface area contributed by atoms with E-state index in [9.17, 15) is 24.5 Å². The summed E-state index contributed by atoms with van der Waals surface area (Å²) in [6, 6.07) is 11.3. The highest BCUT2D eigenvalue weighted by Gasteiger charge is 2.14. The summed E-state index contributed by atoms with van der Waals surface area (Å²) in [5.41, 5.74) is 0.599. The Kier molecular flexibility index (Phi) is 5.57. The van der Waals surface area contributed by atoms with Gasteiger partial charge in [0.1, 0.15) is 0 Å². The van der Waals surface area contributed by atoms with Crippen LogP contribution in [0.1, 0.15) is 27.6 Å². The molecule has 1 N–H and O–H groups in total. The second kappa shape index (κ2) is 7.82. The quantitative estimate of drug-likeness (QED) is 0.373. The number of nitrogens with zero attached hydrogens (tertiary/aromatic N) is 1. The summed E-state index contributed by atoms with van der Waals surface area (Å²) in [5.74, 6) is -1.60. The van der Waals surface area contributed by atoms with Crippen LogP contribution in [0.25, 0.3) is 0 Å². The first-order chi connectivity index (χ1) is 11.9. The summed E-state index contributed by atoms with van der Waals surface area (Å²) in [6.07, 6.45) is 0. The number of para-hydroxylation sites is 1. The number of esters is 1. The molecule has 25 heavy (non-hydrogen) atoms. The van der Waals surface area contributed by atoms with Crippen molar-refractivity contribution < 1.29 is 24.0 Å². The van der Waals surface area contributed by atoms with Crippen molar-refractivity contribution in [3.05, 3.63) is 69.8 Å². The minimum atomic E-state index is -0.787. The smallest absolute Gasteiger partial charge is 0.338 e. The van der Waals surface area contributed by atoms with Gasteiger partial charge in [-0.2, -0.15) is 0 Å². The highest BCUT2D eigenvalue weighted by molar-refractivity contribution is 6.04. The summed E-state index contributed by atoms with van der Waals surface area (Å²) in [5, 5.41) is 13.1. The minimum Gasteiger partial charge on any atom is -0.452 e. The zero-order valence-corrected chi connectivity index (χ0v) is 13.2. The maximum atomic E-state index is 11.9. The third kappa shape index (κ3) is 4.71. The topological polar surface area (TPSA) is 116 Å². The van der Waals surface area contributed by atoms with Gasteiger partial charge in [0.2, 0.25) is 0 Å². The number of hydrogen-bond acceptors (Lipinski definition) is 6. The molecule has 0 aliphatic carbocycles. The van der Waals surface area contributed by atoms with Gasteiger partial charge in [0.25, 0.3) is 11.6 Å². The van der Waals surface area contributed by atoms with E-state index in [4.69, 9.17) is 4.74 Å². The van der Waals surface area contributed by atoms with Gasteiger partial charge in [0, 0.05) is 17.7 Å². The first kappa shape index (κ1) is 17.8. The summed E-state index contributed by atoms with van der Waals surface area (Å²) < 4.78 is 4.86. The van der Waals surface area contributed by atoms with Crippen molar-refractivity contribution in [2.45, 2.75) is 6.92 Å². The number of amides is 1. The molecule has 128 valence electrons. The van der Waals surface area contributed by atoms with Crippen molar-refractivity contribution in [1.82, 2.24) is 0 Å². The largest absolute Gasteiger partial charge is 0.452 e. The average molecular weight is 342 g/mol. The van der Waals surface area contributed by atoms with Crippen LogP contribution >= 0.6 is 0 Å². The molecule has 0 bridgehead atoms. The number of ether oxygens (including phenoxy) is 1. The highest BCUT2D eigenvalue weighted by Crippen LogP contribution is 2.16. The molecular weight excluding hydrogens is 328 g/mol. The number of ketones is 1. The number of carbonyl (C=O) groups excluding carboxylic acids is 3. The van der Waals surface area contributed by atoms with E-state index in [2.05, 4.69) is 5.32 Å². The number of anilines is 1. The molecule has 0 unspecified atom stereocenters. The van der Waals surface area contributed by atoms with E-state index >= 15 is 0 Å². The van der Waals surface area contributed by atoms with Gasteiger partial charge in [-0.1, -0.05) is 12.1 Å². The van der Waals surface area contributed by atoms with E-state index in [1.807, 2.05) is 0 Å². The van der Waals surface area contributed by atoms with E-state index < -0.39 is 23.4 Å². The van der Waals surface area contributed by atoms with Gasteiger partial charge in [-0.15, -0.1) is 0 Å². The molecule has 0 aliphatic rings. The Morgan fingerprint density at radius 1 is 1.08 bits per heavy atom. The lowest BCUT2D eigenvalue weighted by molar-refractivity contribution is -0.384. The number of benzene rings is 2. The molecule has 0 aliphatic heterocycles. The number of nitrogens with one attached hydrogen (secondary N) is 1. The monoisotopic (exact) mass is 342 g/mol. The molecule has 0 radical (unpaired) electrons. The van der Waals surface area contributed by atoms with Gasteiger partial charge in [-0.25, -0.2) is 4.79 Å². The van der Waals surface area contributed by atoms with Crippen molar-refractivity contribution in [3.8, 4) is 0 Å². The zero-order chi connectivity index (χ0) is 18.4. The first-order valence-corrected chi connectivity index (χ1v) is 7.20. The molecule has 0 heterocycles. The number of nitro groups is 1. The van der Waals surface area contributed by atoms with Crippen LogP contribution in [-0.2, 0) is 9.53 Å². The Morgan fingerprint density at radius 3 is 2.32 bits per heavy atom. The lowest BCUT2D eigenvalue weighted by Crippen LogP contribution is -2.22. The summed E-state index contributed by atoms with van der Waals surface area (Å²) in [4.78, 5) is 45.2. The zero-order valence-electron chi connectivity index (χ0n) is 13.2. The van der Waals surface area contributed by atoms with Crippen LogP contribution < -0.4 is 5.32 Å². The molecule has 0 fully saturated rings. The third-order valence-corrected chi connectivity index (χ3v) is 3.23. The Morgan fingerprint density at radius 2 is 1.72 bits per heavy atom. The second-order valence-corrected chi connectivity index (χ2v) is 5.03. The maximum Gasteiger partial charge on any atom is 0.338 e. The van der Waals surface area contributed by atoms with E-state index in [0.717, 1.165) is 0 Å². The van der Waals surface area contributed by atoms with Gasteiger partial charge < -0.3 is 10.1 Å². The van der Waals surface area contributed by atoms with Crippen molar-refractivity contribution in [2.75, 3.05) is 11.9 Å². The number of Topliss-reactive ketones (excluding diaryl/α,β-unsaturated/α-hetero) is 1. The first-order valence-electron chi connectivity index (χ1n) is 7.20. The average Bonchev–Trinajstić information content (AvgIpc) is 2.60. The van der Waals surface area contributed by atoms with E-state index in [1.165, 1.54) is 31.2 Å². The lowest BCUT2D eigenvalue weighted by atomic mass is 10.1. The van der Waals surface area contributed by atoms with Crippen LogP contribution in [-0.4, -0.2) is 29.2 Å². The number of carbonyl (C=O) groups is 3. The molecular formula is C17H14N2O6. The molecule has 0 spiro atoms. The van der Waals surface area contributed by atoms with Crippen LogP contribution in [0.2, 0.25) is 0 Å². The van der Waals surface area contributed by atoms with Crippen molar-refractivity contribution in [3.63, 3.8) is 0 Å². The molecule has 0 saturated carbocycles. The van der Waals surface area contributed by atoms with E-state index in [1.54, 1.807) is 24.3 Å². The van der Waals surface area contributed by atoms with Gasteiger partial charge in [0.15, 0.2) is 12.4 Å². The summed E-state index contributed by atoms with van der Waals surface area (Å²) in [7, 11) is 0. The van der Waals surface area contributed by atoms with Gasteiger partial charge in [0.05, 0.1) is 16.2 Å². The molecule has 8 heteroatoms. The van der Waals surface area contributed by atoms with Crippen LogP contribution in [0.3, 0.4) is 0 Å². The lowest BCUT2D eigenvalue weighted by Gasteiger charge is -2.09. The fourth-order valence-corrected chi connectivity index (χ4v) is 2.02. The molecule has 0 saturated heterocycles. The van der Waals surface area contributed by atoms with Crippen LogP contribution in [0.4, 0.5) is 11.4 Å². The molecule has 0 atom stereocenters. The standard InChI is InChI=1S/C17H14N2O6/c1-11(20)14-4-2-3-5-15(14)18-16(21)10-25-17(22)12-6-8-13(9-7-12)19(23)24/h2-9H,10H2,1H3,(H,18,21). The normalized spacial score (nSPS) is 9.96. The number of non-ortho nitro benzene ring substituents is 1. The van der Waals surface area contributed by atoms with Crippen LogP contribution in [0.5, 0.6) is 0 Å². The molecule has 2 rings (SSSR count). The second-order valence-electron chi connectivity index (χ2n) is 5.03. The fourth-order valence-electron chi connectivity index (χ4n) is 2.02. The Hall–Kier alpha value is -3.55. The minimum absolute atomic E-state index is 0.0857. The summed E-state index contributed by atoms with van der Waals surface area (Å²) >= 11 is 0. The highest BCUT2D eigenvalue weighted by atomic mass is 16.6. The predicted molar refractivity (Wildman–Crippen MR) is 88.5 cm³/mol. The van der Waals surface area contributed by atoms with Crippen molar-refractivity contribution in [2.24, 2.45) is 0 Å². The number of rotatable bonds is 6. The van der Waals surface area contributed by atoms with Gasteiger partial charge in [-0.05, 0) is 31.2 Å². The molecule has 1 amide bonds. The number of nitro benzene ring substituents is 1. The molecule has 0 aromatic heterocycles. The van der Waals surface area contributed by atoms with Crippen LogP contribution in [0.15, 0.2) is 48.5 Å². The Balaban J connectivity index is 1.95. The molecule has 2 aromatic rings. The maximum absolute atomic E-state index is 11.9. The third-order valence-electron chi connectivity index (χ3n) is 3.23. The molecule has 2 aromatic carbocycles. The fraction of sp³-hybridized carbons (Fsp3) is 0.118. The Bertz CT molecular complexity index is 829.